The van der Waals surface area contributed by atoms with Crippen LogP contribution in [0, 0.1) is 5.92 Å². The summed E-state index contributed by atoms with van der Waals surface area (Å²) in [6.07, 6.45) is 4.71. The number of amides is 1. The van der Waals surface area contributed by atoms with Gasteiger partial charge in [0.05, 0.1) is 12.1 Å². The first-order valence-corrected chi connectivity index (χ1v) is 10.3. The van der Waals surface area contributed by atoms with Gasteiger partial charge in [0.25, 0.3) is 0 Å². The molecule has 2 rings (SSSR count). The summed E-state index contributed by atoms with van der Waals surface area (Å²) in [4.78, 5) is 22.6. The Bertz CT molecular complexity index is 656. The molecule has 0 aromatic carbocycles. The molecule has 1 aromatic heterocycles. The van der Waals surface area contributed by atoms with Crippen LogP contribution < -0.4 is 16.4 Å². The van der Waals surface area contributed by atoms with Crippen LogP contribution in [0.4, 0.5) is 0 Å². The average molecular weight is 520 g/mol. The lowest BCUT2D eigenvalue weighted by Gasteiger charge is -2.31. The van der Waals surface area contributed by atoms with Crippen LogP contribution in [0.2, 0.25) is 0 Å². The highest BCUT2D eigenvalue weighted by Crippen LogP contribution is 2.22. The predicted molar refractivity (Wildman–Crippen MR) is 126 cm³/mol. The van der Waals surface area contributed by atoms with E-state index in [9.17, 15) is 4.79 Å². The summed E-state index contributed by atoms with van der Waals surface area (Å²) in [5.41, 5.74) is 5.39. The number of likely N-dealkylation sites (tertiary alicyclic amines) is 1. The van der Waals surface area contributed by atoms with Crippen molar-refractivity contribution >= 4 is 35.8 Å². The van der Waals surface area contributed by atoms with Gasteiger partial charge in [-0.1, -0.05) is 20.8 Å². The van der Waals surface area contributed by atoms with Crippen molar-refractivity contribution in [1.82, 2.24) is 20.5 Å². The van der Waals surface area contributed by atoms with E-state index in [0.717, 1.165) is 63.7 Å². The SMILES string of the molecule is CCNC(=NCc1ncc(C(C)(C)C)o1)NCCCN1CCCC(C(N)=O)C1.I. The number of hydrogen-bond acceptors (Lipinski definition) is 5. The van der Waals surface area contributed by atoms with E-state index in [2.05, 4.69) is 46.3 Å². The summed E-state index contributed by atoms with van der Waals surface area (Å²) in [6.45, 7) is 13.1. The van der Waals surface area contributed by atoms with Gasteiger partial charge in [0.2, 0.25) is 11.8 Å². The number of nitrogens with two attached hydrogens (primary N) is 1. The minimum Gasteiger partial charge on any atom is -0.443 e. The van der Waals surface area contributed by atoms with Crippen LogP contribution in [0.1, 0.15) is 58.6 Å². The zero-order valence-electron chi connectivity index (χ0n) is 18.2. The van der Waals surface area contributed by atoms with E-state index in [1.54, 1.807) is 6.20 Å². The second kappa shape index (κ2) is 12.4. The standard InChI is InChI=1S/C20H36N6O2.HI/c1-5-22-19(25-13-17-24-12-16(28-17)20(2,3)4)23-9-7-11-26-10-6-8-15(14-26)18(21)27;/h12,15H,5-11,13-14H2,1-4H3,(H2,21,27)(H2,22,23,25);1H. The second-order valence-corrected chi connectivity index (χ2v) is 8.39. The van der Waals surface area contributed by atoms with Gasteiger partial charge in [-0.15, -0.1) is 24.0 Å². The van der Waals surface area contributed by atoms with E-state index in [1.165, 1.54) is 0 Å². The quantitative estimate of drug-likeness (QED) is 0.210. The molecular formula is C20H37IN6O2. The van der Waals surface area contributed by atoms with Crippen LogP contribution in [0.3, 0.4) is 0 Å². The lowest BCUT2D eigenvalue weighted by molar-refractivity contribution is -0.123. The summed E-state index contributed by atoms with van der Waals surface area (Å²) in [7, 11) is 0. The first-order chi connectivity index (χ1) is 13.3. The molecule has 0 aliphatic carbocycles. The Morgan fingerprint density at radius 3 is 2.79 bits per heavy atom. The van der Waals surface area contributed by atoms with Crippen molar-refractivity contribution in [3.8, 4) is 0 Å². The van der Waals surface area contributed by atoms with Crippen LogP contribution in [-0.2, 0) is 16.8 Å². The van der Waals surface area contributed by atoms with Crippen molar-refractivity contribution in [3.63, 3.8) is 0 Å². The van der Waals surface area contributed by atoms with Crippen LogP contribution in [0.25, 0.3) is 0 Å². The minimum absolute atomic E-state index is 0. The Morgan fingerprint density at radius 1 is 1.41 bits per heavy atom. The molecule has 1 fully saturated rings. The van der Waals surface area contributed by atoms with Gasteiger partial charge in [0.15, 0.2) is 5.96 Å². The third-order valence-corrected chi connectivity index (χ3v) is 4.86. The Hall–Kier alpha value is -1.36. The Balaban J connectivity index is 0.00000420. The number of carbonyl (C=O) groups is 1. The molecule has 0 radical (unpaired) electrons. The van der Waals surface area contributed by atoms with Crippen LogP contribution in [0.15, 0.2) is 15.6 Å². The molecule has 8 nitrogen and oxygen atoms in total. The highest BCUT2D eigenvalue weighted by molar-refractivity contribution is 14.0. The zero-order valence-corrected chi connectivity index (χ0v) is 20.5. The molecule has 1 aliphatic rings. The number of aromatic nitrogens is 1. The molecule has 1 saturated heterocycles. The van der Waals surface area contributed by atoms with Crippen LogP contribution >= 0.6 is 24.0 Å². The molecule has 1 amide bonds. The van der Waals surface area contributed by atoms with Crippen molar-refractivity contribution in [2.24, 2.45) is 16.6 Å². The third kappa shape index (κ3) is 8.90. The fourth-order valence-corrected chi connectivity index (χ4v) is 3.22. The summed E-state index contributed by atoms with van der Waals surface area (Å²) in [6, 6.07) is 0. The fourth-order valence-electron chi connectivity index (χ4n) is 3.22. The van der Waals surface area contributed by atoms with Gasteiger partial charge in [-0.25, -0.2) is 9.98 Å². The summed E-state index contributed by atoms with van der Waals surface area (Å²) < 4.78 is 5.79. The van der Waals surface area contributed by atoms with Gasteiger partial charge in [0.1, 0.15) is 12.3 Å². The second-order valence-electron chi connectivity index (χ2n) is 8.39. The molecular weight excluding hydrogens is 483 g/mol. The minimum atomic E-state index is -0.175. The lowest BCUT2D eigenvalue weighted by Crippen LogP contribution is -2.43. The molecule has 29 heavy (non-hydrogen) atoms. The third-order valence-electron chi connectivity index (χ3n) is 4.86. The number of hydrogen-bond donors (Lipinski definition) is 3. The van der Waals surface area contributed by atoms with Crippen molar-refractivity contribution in [1.29, 1.82) is 0 Å². The Morgan fingerprint density at radius 2 is 2.17 bits per heavy atom. The van der Waals surface area contributed by atoms with Crippen molar-refractivity contribution in [2.45, 2.75) is 58.9 Å². The van der Waals surface area contributed by atoms with Gasteiger partial charge >= 0.3 is 0 Å². The number of halogens is 1. The highest BCUT2D eigenvalue weighted by atomic mass is 127. The van der Waals surface area contributed by atoms with Crippen LogP contribution in [-0.4, -0.2) is 54.5 Å². The van der Waals surface area contributed by atoms with Gasteiger partial charge in [-0.05, 0) is 39.3 Å². The number of oxazole rings is 1. The van der Waals surface area contributed by atoms with Gasteiger partial charge in [-0.2, -0.15) is 0 Å². The number of primary amides is 1. The number of nitrogens with one attached hydrogen (secondary N) is 2. The number of carbonyl (C=O) groups excluding carboxylic acids is 1. The number of piperidine rings is 1. The largest absolute Gasteiger partial charge is 0.443 e. The van der Waals surface area contributed by atoms with E-state index in [1.807, 2.05) is 6.92 Å². The van der Waals surface area contributed by atoms with Crippen molar-refractivity contribution < 1.29 is 9.21 Å². The highest BCUT2D eigenvalue weighted by Gasteiger charge is 2.23. The van der Waals surface area contributed by atoms with E-state index in [-0.39, 0.29) is 41.2 Å². The van der Waals surface area contributed by atoms with E-state index < -0.39 is 0 Å². The summed E-state index contributed by atoms with van der Waals surface area (Å²) in [5, 5.41) is 6.60. The number of guanidine groups is 1. The molecule has 1 aromatic rings. The Labute approximate surface area is 191 Å². The summed E-state index contributed by atoms with van der Waals surface area (Å²) in [5.74, 6) is 2.07. The molecule has 0 saturated carbocycles. The molecule has 1 atom stereocenters. The van der Waals surface area contributed by atoms with Crippen LogP contribution in [0.5, 0.6) is 0 Å². The zero-order chi connectivity index (χ0) is 20.6. The van der Waals surface area contributed by atoms with Crippen molar-refractivity contribution in [3.05, 3.63) is 17.8 Å². The van der Waals surface area contributed by atoms with Crippen molar-refractivity contribution in [2.75, 3.05) is 32.7 Å². The first kappa shape index (κ1) is 25.7. The molecule has 166 valence electrons. The van der Waals surface area contributed by atoms with E-state index in [4.69, 9.17) is 10.2 Å². The molecule has 0 spiro atoms. The summed E-state index contributed by atoms with van der Waals surface area (Å²) >= 11 is 0. The monoisotopic (exact) mass is 520 g/mol. The Kier molecular flexibility index (Phi) is 10.9. The maximum Gasteiger partial charge on any atom is 0.221 e. The smallest absolute Gasteiger partial charge is 0.221 e. The molecule has 1 unspecified atom stereocenters. The number of nitrogens with zero attached hydrogens (tertiary/aromatic N) is 3. The maximum absolute atomic E-state index is 11.4. The van der Waals surface area contributed by atoms with Gasteiger partial charge in [-0.3, -0.25) is 4.79 Å². The number of rotatable bonds is 8. The maximum atomic E-state index is 11.4. The van der Waals surface area contributed by atoms with Gasteiger partial charge < -0.3 is 25.7 Å². The normalized spacial score (nSPS) is 18.2. The first-order valence-electron chi connectivity index (χ1n) is 10.3. The van der Waals surface area contributed by atoms with E-state index >= 15 is 0 Å². The lowest BCUT2D eigenvalue weighted by atomic mass is 9.94. The molecule has 1 aliphatic heterocycles. The predicted octanol–water partition coefficient (Wildman–Crippen LogP) is 2.23. The number of aliphatic imine (C=N–C) groups is 1. The fraction of sp³-hybridized carbons (Fsp3) is 0.750. The van der Waals surface area contributed by atoms with Gasteiger partial charge in [0, 0.05) is 25.0 Å². The topological polar surface area (TPSA) is 109 Å². The molecule has 4 N–H and O–H groups in total. The molecule has 0 bridgehead atoms. The average Bonchev–Trinajstić information content (AvgIpc) is 3.13. The molecule has 9 heteroatoms. The molecule has 2 heterocycles. The van der Waals surface area contributed by atoms with E-state index in [0.29, 0.717) is 12.4 Å².